The van der Waals surface area contributed by atoms with E-state index in [-0.39, 0.29) is 66.7 Å². The smallest absolute Gasteiger partial charge is 0.408 e. The fourth-order valence-corrected chi connectivity index (χ4v) is 35.0. The molecule has 7 N–H and O–H groups in total. The van der Waals surface area contributed by atoms with E-state index in [1.54, 1.807) is 212 Å². The van der Waals surface area contributed by atoms with Gasteiger partial charge in [-0.1, -0.05) is 301 Å². The van der Waals surface area contributed by atoms with Gasteiger partial charge in [0.15, 0.2) is 17.7 Å². The molecular formula is C117H144N2O23Si2. The molecule has 27 heteroatoms. The number of ether oxygens (including phenoxy) is 8. The monoisotopic (exact) mass is 2000 g/mol. The van der Waals surface area contributed by atoms with E-state index in [1.165, 1.54) is 0 Å². The Labute approximate surface area is 848 Å². The first kappa shape index (κ1) is 107. The van der Waals surface area contributed by atoms with Crippen LogP contribution in [-0.2, 0) is 65.9 Å². The maximum absolute atomic E-state index is 16.3. The summed E-state index contributed by atoms with van der Waals surface area (Å²) in [7, 11) is -6.92. The van der Waals surface area contributed by atoms with Crippen LogP contribution in [0.25, 0.3) is 0 Å². The van der Waals surface area contributed by atoms with Crippen molar-refractivity contribution >= 4 is 85.0 Å². The number of alkyl carbamates (subject to hydrolysis) is 2. The molecular weight excluding hydrogens is 1860 g/mol. The van der Waals surface area contributed by atoms with Crippen molar-refractivity contribution in [2.75, 3.05) is 13.2 Å². The number of esters is 4. The summed E-state index contributed by atoms with van der Waals surface area (Å²) in [6, 6.07) is 72.4. The number of Topliss-reactive ketones (excluding diaryl/α,β-unsaturated/α-hetero) is 2. The highest BCUT2D eigenvalue weighted by atomic mass is 28.4. The zero-order valence-corrected chi connectivity index (χ0v) is 89.2. The topological polar surface area (TPSA) is 354 Å². The Morgan fingerprint density at radius 1 is 0.410 bits per heavy atom. The minimum absolute atomic E-state index is 0.0850. The highest BCUT2D eigenvalue weighted by molar-refractivity contribution is 7.00. The summed E-state index contributed by atoms with van der Waals surface area (Å²) in [5.41, 5.74) is -11.8. The fourth-order valence-electron chi connectivity index (χ4n) is 25.4. The summed E-state index contributed by atoms with van der Waals surface area (Å²) in [6.07, 6.45) is -16.0. The molecule has 2 aliphatic heterocycles. The zero-order chi connectivity index (χ0) is 105. The summed E-state index contributed by atoms with van der Waals surface area (Å²) >= 11 is 0. The van der Waals surface area contributed by atoms with Gasteiger partial charge in [0.1, 0.15) is 59.0 Å². The van der Waals surface area contributed by atoms with Gasteiger partial charge in [-0.25, -0.2) is 24.0 Å². The number of benzene rings is 8. The molecule has 4 bridgehead atoms. The van der Waals surface area contributed by atoms with Crippen LogP contribution in [0.1, 0.15) is 229 Å². The second-order valence-corrected chi connectivity index (χ2v) is 55.4. The van der Waals surface area contributed by atoms with Gasteiger partial charge in [-0.3, -0.25) is 14.4 Å². The first-order valence-electron chi connectivity index (χ1n) is 50.3. The lowest BCUT2D eigenvalue weighted by atomic mass is 9.42. The van der Waals surface area contributed by atoms with Crippen molar-refractivity contribution in [2.45, 2.75) is 297 Å². The SMILES string of the molecule is CC1=C2[C@@H](O)C(=O)[C@]3(C)[C@@H](O[Si](c4ccccc4)(c4ccccc4)C(C)(C)C)C[C@H]4OC[C@@]4(C)[C@H]3[C@H](OC(=O)c3ccccc3)[C@](O)(C[C@@H]1OC(=O)[C@H](C)[C@@H](NC(=O)OC(C)(C)C)c1ccccc1)C2(C)C.CC1=C2[C@@H](O)C(=O)[C@]3(C)[C@@H](O[Si](c4ccccc4)(c4ccccc4)C(C)(C)C)C[C@H]4OC[C@@]4(C)[C@H]3[C@H](OC(=O)c3ccccc3)[C@](O)(C[C@@H]1OC(=O)[C@H](O)[C@@H](NC(=O)OC(C)(C)C)c1ccccc1)C2(C)C. The molecule has 8 aliphatic rings. The lowest BCUT2D eigenvalue weighted by Gasteiger charge is -2.69. The molecule has 25 nitrogen and oxygen atoms in total. The molecule has 2 amide bonds. The third-order valence-electron chi connectivity index (χ3n) is 33.1. The van der Waals surface area contributed by atoms with Crippen LogP contribution in [0.3, 0.4) is 0 Å². The number of aliphatic hydroxyl groups is 5. The van der Waals surface area contributed by atoms with Gasteiger partial charge in [-0.05, 0) is 165 Å². The quantitative estimate of drug-likeness (QED) is 0.0143. The second kappa shape index (κ2) is 39.7. The number of hydrogen-bond donors (Lipinski definition) is 7. The van der Waals surface area contributed by atoms with Crippen molar-refractivity contribution in [1.82, 2.24) is 10.6 Å². The lowest BCUT2D eigenvalue weighted by molar-refractivity contribution is -0.312. The summed E-state index contributed by atoms with van der Waals surface area (Å²) in [4.78, 5) is 118. The number of hydrogen-bond acceptors (Lipinski definition) is 23. The van der Waals surface area contributed by atoms with E-state index in [1.807, 2.05) is 99.6 Å². The Bertz CT molecular complexity index is 5660. The zero-order valence-electron chi connectivity index (χ0n) is 87.2. The van der Waals surface area contributed by atoms with Gasteiger partial charge in [0.05, 0.1) is 77.6 Å². The molecule has 22 atom stereocenters. The van der Waals surface area contributed by atoms with Gasteiger partial charge >= 0.3 is 36.1 Å². The van der Waals surface area contributed by atoms with Crippen molar-refractivity contribution in [3.05, 3.63) is 287 Å². The molecule has 2 heterocycles. The molecule has 0 radical (unpaired) electrons. The number of fused-ring (bicyclic) bond motifs is 10. The summed E-state index contributed by atoms with van der Waals surface area (Å²) < 4.78 is 66.3. The minimum atomic E-state index is -3.47. The van der Waals surface area contributed by atoms with Crippen molar-refractivity contribution in [3.63, 3.8) is 0 Å². The van der Waals surface area contributed by atoms with E-state index < -0.39 is 226 Å². The average molecular weight is 2000 g/mol. The van der Waals surface area contributed by atoms with Crippen molar-refractivity contribution < 1.29 is 111 Å². The molecule has 0 unspecified atom stereocenters. The van der Waals surface area contributed by atoms with E-state index in [0.717, 1.165) is 20.7 Å². The first-order valence-corrected chi connectivity index (χ1v) is 54.1. The fraction of sp³-hybridized carbons (Fsp3) is 0.487. The Morgan fingerprint density at radius 2 is 0.694 bits per heavy atom. The van der Waals surface area contributed by atoms with Gasteiger partial charge in [-0.15, -0.1) is 0 Å². The summed E-state index contributed by atoms with van der Waals surface area (Å²) in [5.74, 6) is -7.61. The molecule has 144 heavy (non-hydrogen) atoms. The van der Waals surface area contributed by atoms with Gasteiger partial charge in [0.2, 0.25) is 0 Å². The molecule has 6 fully saturated rings. The van der Waals surface area contributed by atoms with Crippen molar-refractivity contribution in [1.29, 1.82) is 0 Å². The maximum Gasteiger partial charge on any atom is 0.408 e. The van der Waals surface area contributed by atoms with Crippen molar-refractivity contribution in [2.24, 2.45) is 50.2 Å². The van der Waals surface area contributed by atoms with Gasteiger partial charge < -0.3 is 82.9 Å². The minimum Gasteiger partial charge on any atom is -0.457 e. The first-order chi connectivity index (χ1) is 67.4. The van der Waals surface area contributed by atoms with Gasteiger partial charge in [-0.2, -0.15) is 0 Å². The normalized spacial score (nSPS) is 29.9. The van der Waals surface area contributed by atoms with Gasteiger partial charge in [0.25, 0.3) is 16.6 Å². The number of carbonyl (C=O) groups excluding carboxylic acids is 8. The number of aliphatic hydroxyl groups excluding tert-OH is 3. The highest BCUT2D eigenvalue weighted by Crippen LogP contribution is 2.70. The van der Waals surface area contributed by atoms with Crippen molar-refractivity contribution in [3.8, 4) is 0 Å². The largest absolute Gasteiger partial charge is 0.457 e. The number of rotatable bonds is 22. The Morgan fingerprint density at radius 3 is 0.986 bits per heavy atom. The van der Waals surface area contributed by atoms with E-state index in [4.69, 9.17) is 46.7 Å². The van der Waals surface area contributed by atoms with E-state index in [0.29, 0.717) is 16.7 Å². The van der Waals surface area contributed by atoms with Crippen LogP contribution < -0.4 is 31.4 Å². The molecule has 8 aromatic rings. The number of ketones is 2. The summed E-state index contributed by atoms with van der Waals surface area (Å²) in [5, 5.41) is 74.7. The standard InChI is InChI=1S/C59H73NO11Si.C58H71NO12Si/c1-36-42(68-51(63)37(2)46(38-25-17-13-18-26-38)60-53(65)70-54(3,4)5)34-59(66)50(69-52(64)39-27-19-14-20-28-39)48-57(11)35-67-43(57)33-44(58(48,12)49(62)47(61)45(36)56(59,9)10)71-72(55(6,7)8,40-29-21-15-22-30-40)41-31-23-16-24-32-41;1-35-40(68-51(64)46(61)44(36-24-16-12-17-25-36)59-52(65)70-53(2,3)4)33-58(66)49(69-50(63)37-26-18-13-19-27-37)47-56(10)34-67-41(56)32-42(57(47,11)48(62)45(60)43(35)55(58,8)9)71-72(54(5,6)7,38-28-20-14-21-29-38)39-30-22-15-23-31-39/h13-32,37,42-44,46-48,50,61,66H,33-35H2,1-12H3,(H,60,65);12-31,40-42,44-47,49,60-61,66H,32-34H2,1-11H3,(H,59,65)/t37-,42+,43-,44+,46-,47-,48-,50+,57-,58-,59-;40-,41+,42-,44-,45+,46+,47+,49-,56+,57+,58+/m10/s1. The van der Waals surface area contributed by atoms with Gasteiger partial charge in [0, 0.05) is 59.2 Å². The average Bonchev–Trinajstić information content (AvgIpc) is 0.669. The molecule has 16 rings (SSSR count). The molecule has 0 aromatic heterocycles. The van der Waals surface area contributed by atoms with Crippen LogP contribution in [0, 0.1) is 50.2 Å². The third kappa shape index (κ3) is 18.8. The second-order valence-electron chi connectivity index (χ2n) is 46.9. The van der Waals surface area contributed by atoms with Crippen LogP contribution in [-0.4, -0.2) is 193 Å². The van der Waals surface area contributed by atoms with Crippen LogP contribution in [0.5, 0.6) is 0 Å². The number of nitrogens with one attached hydrogen (secondary N) is 2. The van der Waals surface area contributed by atoms with E-state index in [9.17, 15) is 54.3 Å². The van der Waals surface area contributed by atoms with Crippen LogP contribution in [0.4, 0.5) is 9.59 Å². The number of amides is 2. The molecule has 0 spiro atoms. The summed E-state index contributed by atoms with van der Waals surface area (Å²) in [6.45, 7) is 43.0. The highest BCUT2D eigenvalue weighted by Gasteiger charge is 2.79. The Balaban J connectivity index is 0.000000217. The molecule has 8 aromatic carbocycles. The molecule has 768 valence electrons. The predicted octanol–water partition coefficient (Wildman–Crippen LogP) is 16.4. The predicted molar refractivity (Wildman–Crippen MR) is 551 cm³/mol. The van der Waals surface area contributed by atoms with Crippen LogP contribution in [0.2, 0.25) is 10.1 Å². The van der Waals surface area contributed by atoms with E-state index in [2.05, 4.69) is 101 Å². The molecule has 6 aliphatic carbocycles. The van der Waals surface area contributed by atoms with E-state index >= 15 is 9.59 Å². The van der Waals surface area contributed by atoms with Crippen LogP contribution >= 0.6 is 0 Å². The van der Waals surface area contributed by atoms with Crippen LogP contribution in [0.15, 0.2) is 265 Å². The lowest BCUT2D eigenvalue weighted by Crippen LogP contribution is -2.79. The maximum atomic E-state index is 16.3. The Kier molecular flexibility index (Phi) is 29.6. The molecule has 2 saturated heterocycles. The third-order valence-corrected chi connectivity index (χ3v) is 43.2. The number of carbonyl (C=O) groups is 8. The Hall–Kier alpha value is -10.9. The molecule has 4 saturated carbocycles.